The van der Waals surface area contributed by atoms with E-state index in [0.29, 0.717) is 56.9 Å². The van der Waals surface area contributed by atoms with Crippen molar-refractivity contribution >= 4 is 60.2 Å². The molecule has 4 aliphatic rings. The van der Waals surface area contributed by atoms with E-state index in [-0.39, 0.29) is 150 Å². The van der Waals surface area contributed by atoms with Gasteiger partial charge in [-0.05, 0) is 140 Å². The van der Waals surface area contributed by atoms with E-state index in [4.69, 9.17) is 37.9 Å². The van der Waals surface area contributed by atoms with E-state index in [0.717, 1.165) is 51.4 Å². The highest BCUT2D eigenvalue weighted by molar-refractivity contribution is 5.87. The topological polar surface area (TPSA) is 350 Å². The summed E-state index contributed by atoms with van der Waals surface area (Å²) in [5.74, 6) is -0.697. The first-order chi connectivity index (χ1) is 44.9. The van der Waals surface area contributed by atoms with E-state index in [1.54, 1.807) is 13.8 Å². The van der Waals surface area contributed by atoms with E-state index in [1.165, 1.54) is 27.7 Å². The van der Waals surface area contributed by atoms with Crippen molar-refractivity contribution in [1.82, 2.24) is 42.5 Å². The first kappa shape index (κ1) is 86.2. The van der Waals surface area contributed by atoms with Gasteiger partial charge in [0, 0.05) is 62.5 Å². The number of amides is 7. The van der Waals surface area contributed by atoms with Crippen molar-refractivity contribution in [2.45, 2.75) is 205 Å². The van der Waals surface area contributed by atoms with Crippen molar-refractivity contribution in [2.24, 2.45) is 49.2 Å². The fourth-order valence-corrected chi connectivity index (χ4v) is 15.7. The van der Waals surface area contributed by atoms with Gasteiger partial charge in [0.05, 0.1) is 40.4 Å². The Balaban J connectivity index is 0.000000604. The summed E-state index contributed by atoms with van der Waals surface area (Å²) in [4.78, 5) is 119. The average molecular weight is 1380 g/mol. The highest BCUT2D eigenvalue weighted by Crippen LogP contribution is 2.50. The van der Waals surface area contributed by atoms with Gasteiger partial charge in [0.2, 0.25) is 5.91 Å². The van der Waals surface area contributed by atoms with Crippen molar-refractivity contribution in [3.63, 3.8) is 0 Å². The normalized spacial score (nSPS) is 25.5. The van der Waals surface area contributed by atoms with Crippen molar-refractivity contribution in [2.75, 3.05) is 107 Å². The van der Waals surface area contributed by atoms with E-state index in [1.807, 2.05) is 0 Å². The minimum absolute atomic E-state index is 0.0101. The number of hydrogen-bond donors (Lipinski definition) is 8. The number of rotatable bonds is 29. The van der Waals surface area contributed by atoms with Gasteiger partial charge in [-0.1, -0.05) is 103 Å². The largest absolute Gasteiger partial charge is 0.466 e. The third kappa shape index (κ3) is 36.5. The Labute approximate surface area is 577 Å². The number of carbonyl (C=O) groups is 10. The molecular formula is C70H122N8O19. The molecule has 8 unspecified atom stereocenters. The zero-order valence-electron chi connectivity index (χ0n) is 61.9. The molecule has 0 aromatic heterocycles. The smallest absolute Gasteiger partial charge is 0.407 e. The molecule has 8 N–H and O–H groups in total. The van der Waals surface area contributed by atoms with Crippen molar-refractivity contribution in [3.8, 4) is 0 Å². The summed E-state index contributed by atoms with van der Waals surface area (Å²) < 4.78 is 45.0. The summed E-state index contributed by atoms with van der Waals surface area (Å²) >= 11 is 0. The van der Waals surface area contributed by atoms with Crippen LogP contribution in [0.4, 0.5) is 28.8 Å². The van der Waals surface area contributed by atoms with Crippen molar-refractivity contribution in [1.29, 1.82) is 0 Å². The van der Waals surface area contributed by atoms with Crippen LogP contribution in [0.2, 0.25) is 0 Å². The van der Waals surface area contributed by atoms with Gasteiger partial charge in [-0.2, -0.15) is 0 Å². The molecular weight excluding hydrogens is 1260 g/mol. The Morgan fingerprint density at radius 2 is 0.794 bits per heavy atom. The second-order valence-corrected chi connectivity index (χ2v) is 31.9. The molecule has 0 bridgehead atoms. The molecule has 7 amide bonds. The number of carbonyl (C=O) groups excluding carboxylic acids is 10. The van der Waals surface area contributed by atoms with Gasteiger partial charge in [-0.25, -0.2) is 38.4 Å². The lowest BCUT2D eigenvalue weighted by Gasteiger charge is -2.46. The van der Waals surface area contributed by atoms with Gasteiger partial charge >= 0.3 is 48.5 Å². The number of ketones is 1. The maximum atomic E-state index is 12.6. The number of methoxy groups -OCH3 is 2. The fourth-order valence-electron chi connectivity index (χ4n) is 15.7. The van der Waals surface area contributed by atoms with Crippen LogP contribution in [0, 0.1) is 49.2 Å². The minimum atomic E-state index is -0.659. The molecule has 27 nitrogen and oxygen atoms in total. The van der Waals surface area contributed by atoms with Crippen molar-refractivity contribution < 1.29 is 90.6 Å². The van der Waals surface area contributed by atoms with Gasteiger partial charge in [0.25, 0.3) is 0 Å². The lowest BCUT2D eigenvalue weighted by Crippen LogP contribution is -2.50. The zero-order valence-corrected chi connectivity index (χ0v) is 61.9. The SMILES string of the molecule is C=C(C)C(=O)OC.C=C(C)C(=O)OCCOC(=O)NC1CC(C)(C)CC(C)(CNC(=O)CCOC(=O)NCC2(C)CC(C)CC(C)(C)C2)C1.CNC(=O)OCCOCCOC(=O)NC1CC(C)(C)CC(C)(CNCC(=O)COC(=O)NCC2(C)CC(NC(=O)OC)CC(C)(C)C2)C1. The van der Waals surface area contributed by atoms with Crippen LogP contribution >= 0.6 is 0 Å². The fraction of sp³-hybridized carbons (Fsp3) is 0.800. The highest BCUT2D eigenvalue weighted by Gasteiger charge is 2.45. The molecule has 4 saturated carbocycles. The van der Waals surface area contributed by atoms with Gasteiger partial charge in [-0.3, -0.25) is 9.59 Å². The predicted molar refractivity (Wildman–Crippen MR) is 366 cm³/mol. The summed E-state index contributed by atoms with van der Waals surface area (Å²) in [6, 6.07) is -0.318. The monoisotopic (exact) mass is 1380 g/mol. The number of Topliss-reactive ketones (excluding diaryl/α,β-unsaturated/α-hetero) is 1. The van der Waals surface area contributed by atoms with Gasteiger partial charge in [0.1, 0.15) is 33.0 Å². The van der Waals surface area contributed by atoms with Gasteiger partial charge in [-0.15, -0.1) is 0 Å². The summed E-state index contributed by atoms with van der Waals surface area (Å²) in [5, 5.41) is 23.0. The first-order valence-electron chi connectivity index (χ1n) is 33.9. The number of alkyl carbamates (subject to hydrolysis) is 6. The van der Waals surface area contributed by atoms with Crippen LogP contribution in [0.25, 0.3) is 0 Å². The molecule has 0 aromatic carbocycles. The molecule has 0 spiro atoms. The minimum Gasteiger partial charge on any atom is -0.466 e. The molecule has 4 rings (SSSR count). The van der Waals surface area contributed by atoms with Crippen LogP contribution in [0.1, 0.15) is 187 Å². The Morgan fingerprint density at radius 3 is 1.22 bits per heavy atom. The Kier molecular flexibility index (Phi) is 35.2. The average Bonchev–Trinajstić information content (AvgIpc) is 0.828. The summed E-state index contributed by atoms with van der Waals surface area (Å²) in [5.41, 5.74) is 0.130. The Morgan fingerprint density at radius 1 is 0.412 bits per heavy atom. The molecule has 97 heavy (non-hydrogen) atoms. The number of ether oxygens (including phenoxy) is 9. The van der Waals surface area contributed by atoms with Crippen LogP contribution in [0.5, 0.6) is 0 Å². The van der Waals surface area contributed by atoms with Crippen molar-refractivity contribution in [3.05, 3.63) is 24.3 Å². The quantitative estimate of drug-likeness (QED) is 0.0149. The molecule has 8 atom stereocenters. The van der Waals surface area contributed by atoms with Crippen LogP contribution in [0.3, 0.4) is 0 Å². The molecule has 0 aliphatic heterocycles. The Hall–Kier alpha value is -6.90. The maximum absolute atomic E-state index is 12.6. The first-order valence-corrected chi connectivity index (χ1v) is 33.9. The summed E-state index contributed by atoms with van der Waals surface area (Å²) in [6.07, 6.45) is 7.16. The van der Waals surface area contributed by atoms with Gasteiger partial charge < -0.3 is 85.2 Å². The molecule has 0 radical (unpaired) electrons. The van der Waals surface area contributed by atoms with E-state index in [2.05, 4.69) is 150 Å². The third-order valence-electron chi connectivity index (χ3n) is 17.5. The molecule has 0 heterocycles. The number of esters is 2. The third-order valence-corrected chi connectivity index (χ3v) is 17.5. The second-order valence-electron chi connectivity index (χ2n) is 31.9. The molecule has 4 fully saturated rings. The maximum Gasteiger partial charge on any atom is 0.407 e. The van der Waals surface area contributed by atoms with Crippen LogP contribution in [-0.2, 0) is 61.8 Å². The lowest BCUT2D eigenvalue weighted by atomic mass is 9.61. The standard InChI is InChI=1S/C33H59N5O10.C32H55N3O7.C5H8O2/c1-30(2)14-24(38-29(43)47-12-10-45-9-11-46-26(40)34-7)15-32(5,19-30)21-35-17-25(39)18-48-27(41)36-22-33(6)16-23(37-28(42)44-8)13-31(3,4)20-33;1-22(2)26(37)40-12-13-42-28(39)35-24-16-30(6,7)19-32(9,17-24)20-33-25(36)10-11-41-27(38)34-21-31(8)15-23(3)14-29(4,5)18-31;1-4(2)5(6)7-3/h23-24,35H,9-22H2,1-8H3,(H,34,40)(H,36,41)(H,37,42)(H,38,43);23-24H,1,10-21H2,2-9H3,(H,33,36)(H,34,38)(H,35,39);1H2,2-3H3. The molecule has 556 valence electrons. The van der Waals surface area contributed by atoms with E-state index in [9.17, 15) is 47.9 Å². The van der Waals surface area contributed by atoms with E-state index >= 15 is 0 Å². The summed E-state index contributed by atoms with van der Waals surface area (Å²) in [6.45, 7) is 40.3. The molecule has 4 aliphatic carbocycles. The zero-order chi connectivity index (χ0) is 73.6. The summed E-state index contributed by atoms with van der Waals surface area (Å²) in [7, 11) is 4.13. The lowest BCUT2D eigenvalue weighted by molar-refractivity contribution is -0.140. The number of nitrogens with one attached hydrogen (secondary N) is 8. The highest BCUT2D eigenvalue weighted by atomic mass is 16.6. The van der Waals surface area contributed by atoms with Gasteiger partial charge in [0.15, 0.2) is 12.4 Å². The van der Waals surface area contributed by atoms with Crippen LogP contribution < -0.4 is 42.5 Å². The van der Waals surface area contributed by atoms with E-state index < -0.39 is 42.5 Å². The Bertz CT molecular complexity index is 2650. The molecule has 27 heteroatoms. The second kappa shape index (κ2) is 39.6. The molecule has 0 saturated heterocycles. The predicted octanol–water partition coefficient (Wildman–Crippen LogP) is 9.73. The van der Waals surface area contributed by atoms with Crippen LogP contribution in [-0.4, -0.2) is 185 Å². The number of hydrogen-bond acceptors (Lipinski definition) is 20. The molecule has 0 aromatic rings. The van der Waals surface area contributed by atoms with Crippen LogP contribution in [0.15, 0.2) is 24.3 Å².